The topological polar surface area (TPSA) is 49.4 Å². The molecule has 1 aromatic carbocycles. The molecule has 3 rings (SSSR count). The summed E-state index contributed by atoms with van der Waals surface area (Å²) in [6, 6.07) is 11.3. The molecule has 1 N–H and O–H groups in total. The summed E-state index contributed by atoms with van der Waals surface area (Å²) in [6.07, 6.45) is 5.16. The lowest BCUT2D eigenvalue weighted by Crippen LogP contribution is -2.49. The molecule has 2 aromatic rings. The molecule has 2 amide bonds. The maximum atomic E-state index is 12.5. The van der Waals surface area contributed by atoms with Gasteiger partial charge in [0.15, 0.2) is 0 Å². The first-order valence-corrected chi connectivity index (χ1v) is 9.02. The first-order chi connectivity index (χ1) is 11.7. The van der Waals surface area contributed by atoms with E-state index in [1.165, 1.54) is 0 Å². The Morgan fingerprint density at radius 2 is 2.04 bits per heavy atom. The van der Waals surface area contributed by atoms with Gasteiger partial charge in [0.25, 0.3) is 5.91 Å². The van der Waals surface area contributed by atoms with Gasteiger partial charge >= 0.3 is 0 Å². The van der Waals surface area contributed by atoms with Crippen LogP contribution in [0.4, 0.5) is 0 Å². The van der Waals surface area contributed by atoms with Gasteiger partial charge in [-0.2, -0.15) is 11.3 Å². The number of piperidine rings is 1. The molecule has 1 aromatic heterocycles. The lowest BCUT2D eigenvalue weighted by Gasteiger charge is -2.33. The van der Waals surface area contributed by atoms with Crippen LogP contribution in [-0.4, -0.2) is 35.8 Å². The van der Waals surface area contributed by atoms with Crippen molar-refractivity contribution >= 4 is 29.2 Å². The van der Waals surface area contributed by atoms with E-state index >= 15 is 0 Å². The second-order valence-corrected chi connectivity index (χ2v) is 6.63. The van der Waals surface area contributed by atoms with Crippen molar-refractivity contribution in [2.75, 3.05) is 13.1 Å². The molecule has 4 nitrogen and oxygen atoms in total. The second kappa shape index (κ2) is 7.93. The summed E-state index contributed by atoms with van der Waals surface area (Å²) >= 11 is 1.60. The minimum Gasteiger partial charge on any atom is -0.348 e. The Labute approximate surface area is 145 Å². The van der Waals surface area contributed by atoms with Crippen molar-refractivity contribution in [1.82, 2.24) is 10.2 Å². The van der Waals surface area contributed by atoms with E-state index in [1.807, 2.05) is 58.1 Å². The maximum absolute atomic E-state index is 12.5. The molecule has 0 radical (unpaired) electrons. The van der Waals surface area contributed by atoms with E-state index in [-0.39, 0.29) is 17.9 Å². The van der Waals surface area contributed by atoms with Crippen LogP contribution in [-0.2, 0) is 4.79 Å². The van der Waals surface area contributed by atoms with E-state index in [2.05, 4.69) is 5.32 Å². The van der Waals surface area contributed by atoms with Gasteiger partial charge in [-0.15, -0.1) is 0 Å². The lowest BCUT2D eigenvalue weighted by atomic mass is 10.0. The summed E-state index contributed by atoms with van der Waals surface area (Å²) in [5.74, 6) is -0.0800. The zero-order chi connectivity index (χ0) is 16.8. The molecule has 0 saturated carbocycles. The van der Waals surface area contributed by atoms with E-state index in [0.29, 0.717) is 12.1 Å². The smallest absolute Gasteiger partial charge is 0.253 e. The van der Waals surface area contributed by atoms with Crippen molar-refractivity contribution in [2.24, 2.45) is 0 Å². The van der Waals surface area contributed by atoms with Gasteiger partial charge in [-0.25, -0.2) is 0 Å². The number of amides is 2. The maximum Gasteiger partial charge on any atom is 0.253 e. The molecule has 0 aliphatic carbocycles. The fraction of sp³-hybridized carbons (Fsp3) is 0.263. The summed E-state index contributed by atoms with van der Waals surface area (Å²) in [5.41, 5.74) is 1.72. The van der Waals surface area contributed by atoms with Gasteiger partial charge in [0.1, 0.15) is 0 Å². The fourth-order valence-corrected chi connectivity index (χ4v) is 3.46. The van der Waals surface area contributed by atoms with Crippen molar-refractivity contribution in [3.8, 4) is 0 Å². The third kappa shape index (κ3) is 4.32. The van der Waals surface area contributed by atoms with E-state index in [1.54, 1.807) is 17.4 Å². The number of benzene rings is 1. The van der Waals surface area contributed by atoms with E-state index < -0.39 is 0 Å². The van der Waals surface area contributed by atoms with Crippen molar-refractivity contribution in [3.63, 3.8) is 0 Å². The van der Waals surface area contributed by atoms with E-state index in [0.717, 1.165) is 24.9 Å². The van der Waals surface area contributed by atoms with Crippen molar-refractivity contribution in [1.29, 1.82) is 0 Å². The Bertz CT molecular complexity index is 710. The molecule has 5 heteroatoms. The molecule has 1 atom stereocenters. The molecule has 1 aliphatic rings. The molecule has 0 spiro atoms. The number of hydrogen-bond acceptors (Lipinski definition) is 3. The minimum absolute atomic E-state index is 0.00559. The number of nitrogens with one attached hydrogen (secondary N) is 1. The fourth-order valence-electron chi connectivity index (χ4n) is 2.83. The number of carbonyl (C=O) groups is 2. The van der Waals surface area contributed by atoms with Gasteiger partial charge in [0.05, 0.1) is 0 Å². The highest BCUT2D eigenvalue weighted by molar-refractivity contribution is 7.08. The number of likely N-dealkylation sites (tertiary alicyclic amines) is 1. The normalized spacial score (nSPS) is 17.8. The van der Waals surface area contributed by atoms with Gasteiger partial charge < -0.3 is 10.2 Å². The molecule has 1 aliphatic heterocycles. The quantitative estimate of drug-likeness (QED) is 0.869. The summed E-state index contributed by atoms with van der Waals surface area (Å²) in [4.78, 5) is 26.4. The highest BCUT2D eigenvalue weighted by atomic mass is 32.1. The number of nitrogens with zero attached hydrogens (tertiary/aromatic N) is 1. The van der Waals surface area contributed by atoms with Crippen LogP contribution in [0.5, 0.6) is 0 Å². The molecule has 124 valence electrons. The van der Waals surface area contributed by atoms with Crippen LogP contribution in [0.2, 0.25) is 0 Å². The van der Waals surface area contributed by atoms with Crippen LogP contribution in [0.1, 0.15) is 28.8 Å². The molecular formula is C19H20N2O2S. The van der Waals surface area contributed by atoms with Gasteiger partial charge in [0, 0.05) is 30.8 Å². The van der Waals surface area contributed by atoms with Crippen LogP contribution in [0, 0.1) is 0 Å². The molecule has 0 bridgehead atoms. The Morgan fingerprint density at radius 3 is 2.79 bits per heavy atom. The third-order valence-corrected chi connectivity index (χ3v) is 4.75. The SMILES string of the molecule is O=C(C=Cc1ccsc1)NC1CCCN(C(=O)c2ccccc2)C1. The van der Waals surface area contributed by atoms with Crippen LogP contribution in [0.3, 0.4) is 0 Å². The first kappa shape index (κ1) is 16.5. The number of thiophene rings is 1. The number of rotatable bonds is 4. The Hall–Kier alpha value is -2.40. The standard InChI is InChI=1S/C19H20N2O2S/c22-18(9-8-15-10-12-24-14-15)20-17-7-4-11-21(13-17)19(23)16-5-2-1-3-6-16/h1-3,5-6,8-10,12,14,17H,4,7,11,13H2,(H,20,22). The Kier molecular flexibility index (Phi) is 5.43. The molecule has 1 fully saturated rings. The molecule has 2 heterocycles. The zero-order valence-corrected chi connectivity index (χ0v) is 14.2. The zero-order valence-electron chi connectivity index (χ0n) is 13.4. The molecular weight excluding hydrogens is 320 g/mol. The average molecular weight is 340 g/mol. The first-order valence-electron chi connectivity index (χ1n) is 8.07. The van der Waals surface area contributed by atoms with Crippen molar-refractivity contribution < 1.29 is 9.59 Å². The van der Waals surface area contributed by atoms with E-state index in [4.69, 9.17) is 0 Å². The van der Waals surface area contributed by atoms with Crippen molar-refractivity contribution in [3.05, 3.63) is 64.4 Å². The highest BCUT2D eigenvalue weighted by Crippen LogP contribution is 2.14. The Balaban J connectivity index is 1.55. The molecule has 1 saturated heterocycles. The van der Waals surface area contributed by atoms with Gasteiger partial charge in [-0.1, -0.05) is 18.2 Å². The number of hydrogen-bond donors (Lipinski definition) is 1. The predicted octanol–water partition coefficient (Wildman–Crippen LogP) is 3.18. The largest absolute Gasteiger partial charge is 0.348 e. The number of carbonyl (C=O) groups excluding carboxylic acids is 2. The highest BCUT2D eigenvalue weighted by Gasteiger charge is 2.24. The summed E-state index contributed by atoms with van der Waals surface area (Å²) in [7, 11) is 0. The van der Waals surface area contributed by atoms with Crippen molar-refractivity contribution in [2.45, 2.75) is 18.9 Å². The second-order valence-electron chi connectivity index (χ2n) is 5.85. The third-order valence-electron chi connectivity index (χ3n) is 4.05. The average Bonchev–Trinajstić information content (AvgIpc) is 3.14. The van der Waals surface area contributed by atoms with Crippen LogP contribution < -0.4 is 5.32 Å². The summed E-state index contributed by atoms with van der Waals surface area (Å²) in [5, 5.41) is 6.97. The predicted molar refractivity (Wildman–Crippen MR) is 96.9 cm³/mol. The van der Waals surface area contributed by atoms with Gasteiger partial charge in [-0.05, 0) is 53.4 Å². The lowest BCUT2D eigenvalue weighted by molar-refractivity contribution is -0.117. The minimum atomic E-state index is -0.111. The van der Waals surface area contributed by atoms with E-state index in [9.17, 15) is 9.59 Å². The van der Waals surface area contributed by atoms with Crippen LogP contribution in [0.15, 0.2) is 53.2 Å². The molecule has 24 heavy (non-hydrogen) atoms. The Morgan fingerprint density at radius 1 is 1.21 bits per heavy atom. The summed E-state index contributed by atoms with van der Waals surface area (Å²) in [6.45, 7) is 1.30. The van der Waals surface area contributed by atoms with Gasteiger partial charge in [0.2, 0.25) is 5.91 Å². The summed E-state index contributed by atoms with van der Waals surface area (Å²) < 4.78 is 0. The van der Waals surface area contributed by atoms with Gasteiger partial charge in [-0.3, -0.25) is 9.59 Å². The van der Waals surface area contributed by atoms with Crippen LogP contribution >= 0.6 is 11.3 Å². The monoisotopic (exact) mass is 340 g/mol. The van der Waals surface area contributed by atoms with Crippen LogP contribution in [0.25, 0.3) is 6.08 Å². The molecule has 1 unspecified atom stereocenters.